The molecule has 0 fully saturated rings. The highest BCUT2D eigenvalue weighted by Crippen LogP contribution is 2.33. The molecule has 27 heavy (non-hydrogen) atoms. The molecule has 0 saturated heterocycles. The second-order valence-electron chi connectivity index (χ2n) is 5.95. The van der Waals surface area contributed by atoms with Crippen molar-refractivity contribution < 1.29 is 13.3 Å². The summed E-state index contributed by atoms with van der Waals surface area (Å²) in [6.07, 6.45) is 11.2. The smallest absolute Gasteiger partial charge is 0.230 e. The Hall–Kier alpha value is -2.29. The average molecular weight is 415 g/mol. The average Bonchev–Trinajstić information content (AvgIpc) is 2.71. The lowest BCUT2D eigenvalue weighted by Gasteiger charge is -2.18. The van der Waals surface area contributed by atoms with E-state index >= 15 is 0 Å². The molecule has 1 aromatic carbocycles. The van der Waals surface area contributed by atoms with Crippen LogP contribution in [0.3, 0.4) is 0 Å². The van der Waals surface area contributed by atoms with Gasteiger partial charge in [-0.25, -0.2) is 0 Å². The molecule has 0 atom stereocenters. The summed E-state index contributed by atoms with van der Waals surface area (Å²) in [5.41, 5.74) is 0.654. The van der Waals surface area contributed by atoms with Gasteiger partial charge < -0.3 is 13.3 Å². The summed E-state index contributed by atoms with van der Waals surface area (Å²) >= 11 is 0. The second kappa shape index (κ2) is 13.0. The van der Waals surface area contributed by atoms with Crippen molar-refractivity contribution in [3.05, 3.63) is 94.1 Å². The molecule has 0 aliphatic carbocycles. The van der Waals surface area contributed by atoms with Gasteiger partial charge in [0.25, 0.3) is 0 Å². The van der Waals surface area contributed by atoms with Crippen LogP contribution < -0.4 is 13.3 Å². The minimum absolute atomic E-state index is 0.203. The fourth-order valence-electron chi connectivity index (χ4n) is 2.07. The van der Waals surface area contributed by atoms with Crippen molar-refractivity contribution in [3.8, 4) is 17.2 Å². The van der Waals surface area contributed by atoms with Crippen molar-refractivity contribution in [2.75, 3.05) is 0 Å². The van der Waals surface area contributed by atoms with Gasteiger partial charge in [-0.1, -0.05) is 36.5 Å². The zero-order chi connectivity index (χ0) is 20.1. The van der Waals surface area contributed by atoms with E-state index in [0.717, 1.165) is 17.2 Å². The quantitative estimate of drug-likeness (QED) is 0.324. The van der Waals surface area contributed by atoms with Gasteiger partial charge in [0.1, 0.15) is 17.2 Å². The number of hydrogen-bond donors (Lipinski definition) is 0. The topological polar surface area (TPSA) is 27.7 Å². The van der Waals surface area contributed by atoms with E-state index in [-0.39, 0.29) is 16.6 Å². The van der Waals surface area contributed by atoms with Gasteiger partial charge in [0.2, 0.25) is 29.3 Å². The van der Waals surface area contributed by atoms with Gasteiger partial charge in [0, 0.05) is 22.7 Å². The molecule has 6 heteroatoms. The van der Waals surface area contributed by atoms with Gasteiger partial charge in [-0.15, -0.1) is 39.5 Å². The Morgan fingerprint density at radius 1 is 0.593 bits per heavy atom. The van der Waals surface area contributed by atoms with Crippen LogP contribution in [0.15, 0.2) is 94.1 Å². The molecule has 0 spiro atoms. The predicted octanol–water partition coefficient (Wildman–Crippen LogP) is 3.56. The molecule has 144 valence electrons. The molecular weight excluding hydrogens is 384 g/mol. The third kappa shape index (κ3) is 7.86. The van der Waals surface area contributed by atoms with Crippen LogP contribution in [0.1, 0.15) is 0 Å². The molecule has 0 unspecified atom stereocenters. The maximum Gasteiger partial charge on any atom is 0.230 e. The minimum atomic E-state index is -0.913. The van der Waals surface area contributed by atoms with Crippen LogP contribution in [0.25, 0.3) is 0 Å². The van der Waals surface area contributed by atoms with Crippen molar-refractivity contribution in [3.63, 3.8) is 0 Å². The molecular formula is C21H30O3Si3. The zero-order valence-corrected chi connectivity index (χ0v) is 20.3. The standard InChI is InChI=1S/C21H30O3Si3/c1-7-17(8-2)25-22-16-13-14-20(23-26-18(9-3)10-4)21(15-16)24-27-19(11-5)12-6/h7-15,17-19H,1-6,25-27H2. The molecule has 0 bridgehead atoms. The van der Waals surface area contributed by atoms with Crippen LogP contribution in [0.5, 0.6) is 17.2 Å². The van der Waals surface area contributed by atoms with Crippen LogP contribution in [-0.2, 0) is 0 Å². The van der Waals surface area contributed by atoms with Gasteiger partial charge >= 0.3 is 0 Å². The van der Waals surface area contributed by atoms with Crippen LogP contribution in [-0.4, -0.2) is 29.3 Å². The molecule has 0 aromatic heterocycles. The Morgan fingerprint density at radius 2 is 1.00 bits per heavy atom. The van der Waals surface area contributed by atoms with Gasteiger partial charge in [-0.3, -0.25) is 0 Å². The first-order valence-electron chi connectivity index (χ1n) is 8.89. The normalized spacial score (nSPS) is 11.7. The zero-order valence-electron chi connectivity index (χ0n) is 16.0. The Labute approximate surface area is 170 Å². The van der Waals surface area contributed by atoms with Crippen LogP contribution >= 0.6 is 0 Å². The number of allylic oxidation sites excluding steroid dienone is 6. The largest absolute Gasteiger partial charge is 0.548 e. The van der Waals surface area contributed by atoms with Gasteiger partial charge in [0.05, 0.1) is 0 Å². The van der Waals surface area contributed by atoms with Gasteiger partial charge in [-0.2, -0.15) is 0 Å². The van der Waals surface area contributed by atoms with Crippen LogP contribution in [0.2, 0.25) is 16.6 Å². The van der Waals surface area contributed by atoms with E-state index in [1.807, 2.05) is 54.7 Å². The first-order valence-corrected chi connectivity index (χ1v) is 13.1. The Balaban J connectivity index is 2.94. The number of benzene rings is 1. The van der Waals surface area contributed by atoms with E-state index in [4.69, 9.17) is 13.3 Å². The highest BCUT2D eigenvalue weighted by molar-refractivity contribution is 6.34. The summed E-state index contributed by atoms with van der Waals surface area (Å²) < 4.78 is 18.2. The second-order valence-corrected chi connectivity index (χ2v) is 10.6. The third-order valence-corrected chi connectivity index (χ3v) is 8.65. The third-order valence-electron chi connectivity index (χ3n) is 4.04. The lowest BCUT2D eigenvalue weighted by Crippen LogP contribution is -2.12. The van der Waals surface area contributed by atoms with Gasteiger partial charge in [-0.05, 0) is 12.1 Å². The lowest BCUT2D eigenvalue weighted by atomic mass is 10.3. The van der Waals surface area contributed by atoms with E-state index in [1.54, 1.807) is 0 Å². The van der Waals surface area contributed by atoms with E-state index in [9.17, 15) is 0 Å². The molecule has 0 radical (unpaired) electrons. The molecule has 3 nitrogen and oxygen atoms in total. The van der Waals surface area contributed by atoms with Crippen LogP contribution in [0.4, 0.5) is 0 Å². The molecule has 0 saturated carbocycles. The highest BCUT2D eigenvalue weighted by atomic mass is 28.2. The summed E-state index contributed by atoms with van der Waals surface area (Å²) in [6.45, 7) is 22.9. The number of hydrogen-bond acceptors (Lipinski definition) is 3. The fraction of sp³-hybridized carbons (Fsp3) is 0.143. The molecule has 1 rings (SSSR count). The monoisotopic (exact) mass is 414 g/mol. The van der Waals surface area contributed by atoms with E-state index in [2.05, 4.69) is 39.5 Å². The Morgan fingerprint density at radius 3 is 1.44 bits per heavy atom. The molecule has 0 heterocycles. The van der Waals surface area contributed by atoms with Crippen LogP contribution in [0, 0.1) is 0 Å². The summed E-state index contributed by atoms with van der Waals surface area (Å²) in [6, 6.07) is 5.74. The predicted molar refractivity (Wildman–Crippen MR) is 126 cm³/mol. The Kier molecular flexibility index (Phi) is 10.9. The van der Waals surface area contributed by atoms with Gasteiger partial charge in [0.15, 0.2) is 0 Å². The summed E-state index contributed by atoms with van der Waals surface area (Å²) in [7, 11) is -2.64. The molecule has 0 aliphatic heterocycles. The maximum atomic E-state index is 6.12. The highest BCUT2D eigenvalue weighted by Gasteiger charge is 2.12. The van der Waals surface area contributed by atoms with E-state index in [1.165, 1.54) is 0 Å². The summed E-state index contributed by atoms with van der Waals surface area (Å²) in [5, 5.41) is 0. The first kappa shape index (κ1) is 22.8. The fourth-order valence-corrected chi connectivity index (χ4v) is 4.66. The first-order chi connectivity index (χ1) is 13.1. The minimum Gasteiger partial charge on any atom is -0.548 e. The molecule has 0 aliphatic rings. The van der Waals surface area contributed by atoms with Crippen molar-refractivity contribution in [2.24, 2.45) is 0 Å². The van der Waals surface area contributed by atoms with Crippen molar-refractivity contribution in [2.45, 2.75) is 16.6 Å². The maximum absolute atomic E-state index is 6.12. The van der Waals surface area contributed by atoms with Crippen molar-refractivity contribution in [1.29, 1.82) is 0 Å². The number of rotatable bonds is 15. The lowest BCUT2D eigenvalue weighted by molar-refractivity contribution is 0.510. The van der Waals surface area contributed by atoms with Crippen molar-refractivity contribution >= 4 is 29.3 Å². The summed E-state index contributed by atoms with van der Waals surface area (Å²) in [5.74, 6) is 2.24. The molecule has 0 amide bonds. The Bertz CT molecular complexity index is 649. The molecule has 0 N–H and O–H groups in total. The summed E-state index contributed by atoms with van der Waals surface area (Å²) in [4.78, 5) is 0. The van der Waals surface area contributed by atoms with Crippen molar-refractivity contribution in [1.82, 2.24) is 0 Å². The SMILES string of the molecule is C=CC(C=C)[SiH2]Oc1ccc(O[SiH2]C(C=C)C=C)c(O[SiH2]C(C=C)C=C)c1. The van der Waals surface area contributed by atoms with E-state index < -0.39 is 29.3 Å². The van der Waals surface area contributed by atoms with E-state index in [0.29, 0.717) is 0 Å². The molecule has 1 aromatic rings.